The van der Waals surface area contributed by atoms with Gasteiger partial charge in [0.1, 0.15) is 17.8 Å². The molecule has 3 amide bonds. The number of nitrogens with one attached hydrogen (secondary N) is 3. The molecule has 3 N–H and O–H groups in total. The minimum atomic E-state index is -0.298. The molecule has 0 atom stereocenters. The van der Waals surface area contributed by atoms with E-state index in [9.17, 15) is 14.4 Å². The molecule has 11 nitrogen and oxygen atoms in total. The summed E-state index contributed by atoms with van der Waals surface area (Å²) in [6.45, 7) is 7.76. The molecule has 4 heterocycles. The van der Waals surface area contributed by atoms with Gasteiger partial charge in [-0.05, 0) is 78.3 Å². The topological polar surface area (TPSA) is 127 Å². The van der Waals surface area contributed by atoms with Gasteiger partial charge in [0.2, 0.25) is 5.91 Å². The zero-order valence-electron chi connectivity index (χ0n) is 28.6. The van der Waals surface area contributed by atoms with Crippen LogP contribution in [0.5, 0.6) is 0 Å². The standard InChI is InChI=1S/C41H36N8O3/c1-3-34(50)44-30-8-6-7-28(23-30)35-36-38(45-29-15-11-26(12-16-29)24-49-40(51)32-9-4-5-10-33(32)41(49)52)42-25-43-39(36)46-37(35)27-13-17-31(18-14-27)48-21-19-47(2)20-22-48/h3-18,23,25H,1,19-22,24H2,2H3,(H,44,50)(H2,42,43,45,46). The van der Waals surface area contributed by atoms with Gasteiger partial charge in [0.25, 0.3) is 11.8 Å². The maximum absolute atomic E-state index is 12.9. The van der Waals surface area contributed by atoms with Gasteiger partial charge in [-0.15, -0.1) is 0 Å². The number of carbonyl (C=O) groups is 3. The fourth-order valence-corrected chi connectivity index (χ4v) is 6.87. The number of carbonyl (C=O) groups excluding carboxylic acids is 3. The normalized spacial score (nSPS) is 14.5. The average Bonchev–Trinajstić information content (AvgIpc) is 3.68. The van der Waals surface area contributed by atoms with E-state index in [2.05, 4.69) is 73.3 Å². The number of likely N-dealkylation sites (N-methyl/N-ethyl adjacent to an activating group) is 1. The van der Waals surface area contributed by atoms with Crippen LogP contribution in [0.25, 0.3) is 33.4 Å². The van der Waals surface area contributed by atoms with Gasteiger partial charge in [-0.3, -0.25) is 19.3 Å². The van der Waals surface area contributed by atoms with Gasteiger partial charge in [0.15, 0.2) is 0 Å². The van der Waals surface area contributed by atoms with Crippen molar-refractivity contribution in [3.05, 3.63) is 133 Å². The molecular formula is C41H36N8O3. The molecule has 0 bridgehead atoms. The van der Waals surface area contributed by atoms with Crippen molar-refractivity contribution < 1.29 is 14.4 Å². The van der Waals surface area contributed by atoms with E-state index in [-0.39, 0.29) is 24.3 Å². The molecule has 0 aliphatic carbocycles. The quantitative estimate of drug-likeness (QED) is 0.113. The predicted molar refractivity (Wildman–Crippen MR) is 204 cm³/mol. The van der Waals surface area contributed by atoms with Crippen molar-refractivity contribution in [3.63, 3.8) is 0 Å². The SMILES string of the molecule is C=CC(=O)Nc1cccc(-c2c(-c3ccc(N4CCN(C)CC4)cc3)[nH]c3ncnc(Nc4ccc(CN5C(=O)c6ccccc6C5=O)cc4)c23)c1. The van der Waals surface area contributed by atoms with Gasteiger partial charge >= 0.3 is 0 Å². The minimum Gasteiger partial charge on any atom is -0.369 e. The highest BCUT2D eigenvalue weighted by Gasteiger charge is 2.35. The van der Waals surface area contributed by atoms with Crippen LogP contribution < -0.4 is 15.5 Å². The van der Waals surface area contributed by atoms with Crippen LogP contribution >= 0.6 is 0 Å². The Bertz CT molecular complexity index is 2310. The molecule has 258 valence electrons. The molecular weight excluding hydrogens is 653 g/mol. The third kappa shape index (κ3) is 6.18. The lowest BCUT2D eigenvalue weighted by Crippen LogP contribution is -2.44. The van der Waals surface area contributed by atoms with Crippen molar-refractivity contribution in [2.45, 2.75) is 6.54 Å². The second-order valence-electron chi connectivity index (χ2n) is 13.0. The number of H-pyrrole nitrogens is 1. The van der Waals surface area contributed by atoms with Crippen LogP contribution in [0.15, 0.2) is 116 Å². The first kappa shape index (κ1) is 32.6. The second-order valence-corrected chi connectivity index (χ2v) is 13.0. The number of anilines is 4. The summed E-state index contributed by atoms with van der Waals surface area (Å²) in [7, 11) is 2.15. The second kappa shape index (κ2) is 13.6. The van der Waals surface area contributed by atoms with Crippen LogP contribution in [0, 0.1) is 0 Å². The molecule has 0 unspecified atom stereocenters. The lowest BCUT2D eigenvalue weighted by molar-refractivity contribution is -0.111. The van der Waals surface area contributed by atoms with Crippen LogP contribution in [0.1, 0.15) is 26.3 Å². The summed E-state index contributed by atoms with van der Waals surface area (Å²) in [6.07, 6.45) is 2.76. The van der Waals surface area contributed by atoms with E-state index in [1.807, 2.05) is 48.5 Å². The van der Waals surface area contributed by atoms with E-state index < -0.39 is 0 Å². The molecule has 2 aliphatic heterocycles. The molecule has 11 heteroatoms. The number of hydrogen-bond donors (Lipinski definition) is 3. The Labute approximate surface area is 300 Å². The zero-order chi connectivity index (χ0) is 35.8. The highest BCUT2D eigenvalue weighted by atomic mass is 16.2. The maximum atomic E-state index is 12.9. The molecule has 8 rings (SSSR count). The van der Waals surface area contributed by atoms with Crippen molar-refractivity contribution in [3.8, 4) is 22.4 Å². The van der Waals surface area contributed by atoms with Crippen molar-refractivity contribution in [2.24, 2.45) is 0 Å². The number of fused-ring (bicyclic) bond motifs is 2. The minimum absolute atomic E-state index is 0.169. The summed E-state index contributed by atoms with van der Waals surface area (Å²) in [5, 5.41) is 7.13. The number of piperazine rings is 1. The van der Waals surface area contributed by atoms with Gasteiger partial charge in [0, 0.05) is 48.8 Å². The number of benzene rings is 4. The highest BCUT2D eigenvalue weighted by Crippen LogP contribution is 2.42. The average molecular weight is 689 g/mol. The molecule has 2 aliphatic rings. The van der Waals surface area contributed by atoms with Gasteiger partial charge < -0.3 is 25.4 Å². The van der Waals surface area contributed by atoms with Crippen LogP contribution in [-0.2, 0) is 11.3 Å². The first-order valence-electron chi connectivity index (χ1n) is 17.1. The summed E-state index contributed by atoms with van der Waals surface area (Å²) in [6, 6.07) is 30.7. The van der Waals surface area contributed by atoms with Crippen molar-refractivity contribution in [2.75, 3.05) is 48.8 Å². The lowest BCUT2D eigenvalue weighted by atomic mass is 9.98. The first-order chi connectivity index (χ1) is 25.4. The molecule has 52 heavy (non-hydrogen) atoms. The number of hydrogen-bond acceptors (Lipinski definition) is 8. The maximum Gasteiger partial charge on any atom is 0.261 e. The Hall–Kier alpha value is -6.59. The number of rotatable bonds is 9. The van der Waals surface area contributed by atoms with Crippen LogP contribution in [-0.4, -0.2) is 75.7 Å². The third-order valence-electron chi connectivity index (χ3n) is 9.65. The number of aromatic nitrogens is 3. The van der Waals surface area contributed by atoms with E-state index in [0.717, 1.165) is 65.2 Å². The predicted octanol–water partition coefficient (Wildman–Crippen LogP) is 6.71. The number of imide groups is 1. The van der Waals surface area contributed by atoms with E-state index in [1.54, 1.807) is 24.3 Å². The summed E-state index contributed by atoms with van der Waals surface area (Å²) >= 11 is 0. The smallest absolute Gasteiger partial charge is 0.261 e. The van der Waals surface area contributed by atoms with E-state index >= 15 is 0 Å². The largest absolute Gasteiger partial charge is 0.369 e. The summed E-state index contributed by atoms with van der Waals surface area (Å²) in [5.74, 6) is -0.286. The Morgan fingerprint density at radius 3 is 2.23 bits per heavy atom. The van der Waals surface area contributed by atoms with Gasteiger partial charge in [-0.1, -0.05) is 55.1 Å². The molecule has 6 aromatic rings. The molecule has 0 spiro atoms. The summed E-state index contributed by atoms with van der Waals surface area (Å²) in [4.78, 5) is 57.0. The molecule has 2 aromatic heterocycles. The Morgan fingerprint density at radius 2 is 1.54 bits per heavy atom. The van der Waals surface area contributed by atoms with E-state index in [4.69, 9.17) is 0 Å². The van der Waals surface area contributed by atoms with Gasteiger partial charge in [0.05, 0.1) is 28.8 Å². The number of aromatic amines is 1. The molecule has 1 saturated heterocycles. The molecule has 0 radical (unpaired) electrons. The Balaban J connectivity index is 1.13. The van der Waals surface area contributed by atoms with Crippen LogP contribution in [0.2, 0.25) is 0 Å². The number of amides is 3. The Morgan fingerprint density at radius 1 is 0.827 bits per heavy atom. The van der Waals surface area contributed by atoms with Gasteiger partial charge in [-0.2, -0.15) is 0 Å². The molecule has 0 saturated carbocycles. The van der Waals surface area contributed by atoms with Crippen molar-refractivity contribution in [1.29, 1.82) is 0 Å². The zero-order valence-corrected chi connectivity index (χ0v) is 28.6. The fraction of sp³-hybridized carbons (Fsp3) is 0.146. The molecule has 1 fully saturated rings. The third-order valence-corrected chi connectivity index (χ3v) is 9.65. The van der Waals surface area contributed by atoms with Crippen LogP contribution in [0.3, 0.4) is 0 Å². The molecule has 4 aromatic carbocycles. The Kier molecular flexibility index (Phi) is 8.53. The lowest BCUT2D eigenvalue weighted by Gasteiger charge is -2.34. The first-order valence-corrected chi connectivity index (χ1v) is 17.1. The highest BCUT2D eigenvalue weighted by molar-refractivity contribution is 6.21. The van der Waals surface area contributed by atoms with Crippen molar-refractivity contribution in [1.82, 2.24) is 24.8 Å². The summed E-state index contributed by atoms with van der Waals surface area (Å²) < 4.78 is 0. The number of nitrogens with zero attached hydrogens (tertiary/aromatic N) is 5. The monoisotopic (exact) mass is 688 g/mol. The summed E-state index contributed by atoms with van der Waals surface area (Å²) in [5.41, 5.74) is 8.49. The van der Waals surface area contributed by atoms with E-state index in [1.165, 1.54) is 23.0 Å². The van der Waals surface area contributed by atoms with E-state index in [0.29, 0.717) is 28.3 Å². The van der Waals surface area contributed by atoms with Crippen LogP contribution in [0.4, 0.5) is 22.9 Å². The van der Waals surface area contributed by atoms with Crippen molar-refractivity contribution >= 4 is 51.6 Å². The van der Waals surface area contributed by atoms with Gasteiger partial charge in [-0.25, -0.2) is 9.97 Å². The fourth-order valence-electron chi connectivity index (χ4n) is 6.87.